The summed E-state index contributed by atoms with van der Waals surface area (Å²) in [6.07, 6.45) is 4.22. The van der Waals surface area contributed by atoms with E-state index in [0.29, 0.717) is 5.56 Å². The molecular weight excluding hydrogens is 270 g/mol. The number of aromatic nitrogens is 2. The number of hydrogen-bond donors (Lipinski definition) is 0. The molecule has 2 aromatic rings. The average molecular weight is 287 g/mol. The van der Waals surface area contributed by atoms with Crippen LogP contribution in [0.3, 0.4) is 0 Å². The quantitative estimate of drug-likeness (QED) is 0.465. The van der Waals surface area contributed by atoms with Crippen LogP contribution in [-0.4, -0.2) is 20.3 Å². The van der Waals surface area contributed by atoms with E-state index in [-0.39, 0.29) is 18.1 Å². The molecule has 0 bridgehead atoms. The third-order valence-electron chi connectivity index (χ3n) is 3.40. The van der Waals surface area contributed by atoms with Crippen molar-refractivity contribution in [3.8, 4) is 0 Å². The number of carbonyl (C=O) groups is 1. The molecule has 0 saturated heterocycles. The Bertz CT molecular complexity index is 677. The van der Waals surface area contributed by atoms with E-state index in [0.717, 1.165) is 24.0 Å². The monoisotopic (exact) mass is 287 g/mol. The summed E-state index contributed by atoms with van der Waals surface area (Å²) < 4.78 is 1.44. The molecule has 1 aromatic heterocycles. The first-order valence-corrected chi connectivity index (χ1v) is 6.86. The molecule has 0 atom stereocenters. The second-order valence-corrected chi connectivity index (χ2v) is 4.78. The first-order valence-electron chi connectivity index (χ1n) is 6.86. The first kappa shape index (κ1) is 14.9. The van der Waals surface area contributed by atoms with Gasteiger partial charge in [0.05, 0.1) is 6.54 Å². The molecule has 0 fully saturated rings. The lowest BCUT2D eigenvalue weighted by atomic mass is 9.97. The van der Waals surface area contributed by atoms with Gasteiger partial charge in [0.25, 0.3) is 0 Å². The molecule has 0 aliphatic heterocycles. The van der Waals surface area contributed by atoms with Crippen molar-refractivity contribution in [2.45, 2.75) is 33.2 Å². The molecule has 6 nitrogen and oxygen atoms in total. The van der Waals surface area contributed by atoms with E-state index >= 15 is 0 Å². The number of nitrogens with zero attached hydrogens (tertiary/aromatic N) is 3. The highest BCUT2D eigenvalue weighted by molar-refractivity contribution is 5.97. The van der Waals surface area contributed by atoms with Gasteiger partial charge in [-0.2, -0.15) is 0 Å². The van der Waals surface area contributed by atoms with Crippen molar-refractivity contribution in [3.05, 3.63) is 57.5 Å². The van der Waals surface area contributed by atoms with E-state index in [4.69, 9.17) is 0 Å². The van der Waals surface area contributed by atoms with Gasteiger partial charge >= 0.3 is 5.82 Å². The molecule has 0 unspecified atom stereocenters. The topological polar surface area (TPSA) is 78.0 Å². The summed E-state index contributed by atoms with van der Waals surface area (Å²) in [5.41, 5.74) is 2.78. The fourth-order valence-electron chi connectivity index (χ4n) is 2.19. The summed E-state index contributed by atoms with van der Waals surface area (Å²) in [4.78, 5) is 26.1. The molecule has 0 aliphatic rings. The summed E-state index contributed by atoms with van der Waals surface area (Å²) in [7, 11) is 0. The van der Waals surface area contributed by atoms with Gasteiger partial charge in [-0.1, -0.05) is 26.0 Å². The van der Waals surface area contributed by atoms with Crippen LogP contribution in [-0.2, 0) is 19.4 Å². The predicted octanol–water partition coefficient (Wildman–Crippen LogP) is 2.80. The van der Waals surface area contributed by atoms with Gasteiger partial charge in [-0.3, -0.25) is 4.79 Å². The minimum Gasteiger partial charge on any atom is -0.358 e. The maximum atomic E-state index is 12.4. The Morgan fingerprint density at radius 2 is 2.10 bits per heavy atom. The largest absolute Gasteiger partial charge is 0.381 e. The normalized spacial score (nSPS) is 10.6. The molecule has 6 heteroatoms. The maximum absolute atomic E-state index is 12.4. The number of rotatable bonds is 6. The van der Waals surface area contributed by atoms with Gasteiger partial charge in [0.1, 0.15) is 6.20 Å². The van der Waals surface area contributed by atoms with E-state index in [1.807, 2.05) is 32.0 Å². The molecule has 110 valence electrons. The van der Waals surface area contributed by atoms with E-state index in [2.05, 4.69) is 4.98 Å². The van der Waals surface area contributed by atoms with Crippen molar-refractivity contribution in [1.29, 1.82) is 0 Å². The summed E-state index contributed by atoms with van der Waals surface area (Å²) in [5, 5.41) is 10.6. The maximum Gasteiger partial charge on any atom is 0.381 e. The molecule has 1 aromatic carbocycles. The van der Waals surface area contributed by atoms with E-state index in [1.54, 1.807) is 0 Å². The fourth-order valence-corrected chi connectivity index (χ4v) is 2.19. The minimum atomic E-state index is -0.573. The van der Waals surface area contributed by atoms with Gasteiger partial charge in [-0.25, -0.2) is 0 Å². The number of aryl methyl sites for hydroxylation is 2. The van der Waals surface area contributed by atoms with Gasteiger partial charge < -0.3 is 14.7 Å². The lowest BCUT2D eigenvalue weighted by Gasteiger charge is -2.09. The Balaban J connectivity index is 2.24. The van der Waals surface area contributed by atoms with Crippen LogP contribution in [0.15, 0.2) is 30.7 Å². The predicted molar refractivity (Wildman–Crippen MR) is 78.4 cm³/mol. The number of nitro groups is 1. The van der Waals surface area contributed by atoms with Gasteiger partial charge in [0.2, 0.25) is 6.33 Å². The molecule has 0 aliphatic carbocycles. The standard InChI is InChI=1S/C15H17N3O3/c1-3-11-5-6-12(4-2)13(7-11)14(19)8-17-9-15(16-10-17)18(20)21/h5-7,9-10H,3-4,8H2,1-2H3. The van der Waals surface area contributed by atoms with Crippen LogP contribution in [0.5, 0.6) is 0 Å². The zero-order valence-corrected chi connectivity index (χ0v) is 12.1. The summed E-state index contributed by atoms with van der Waals surface area (Å²) in [6, 6.07) is 5.91. The highest BCUT2D eigenvalue weighted by Gasteiger charge is 2.15. The van der Waals surface area contributed by atoms with Crippen molar-refractivity contribution < 1.29 is 9.72 Å². The number of Topliss-reactive ketones (excluding diaryl/α,β-unsaturated/α-hetero) is 1. The summed E-state index contributed by atoms with van der Waals surface area (Å²) in [5.74, 6) is -0.310. The molecule has 0 saturated carbocycles. The molecule has 2 rings (SSSR count). The smallest absolute Gasteiger partial charge is 0.358 e. The van der Waals surface area contributed by atoms with Crippen molar-refractivity contribution >= 4 is 11.6 Å². The second kappa shape index (κ2) is 6.30. The number of carbonyl (C=O) groups excluding carboxylic acids is 1. The number of imidazole rings is 1. The Morgan fingerprint density at radius 1 is 1.33 bits per heavy atom. The van der Waals surface area contributed by atoms with Gasteiger partial charge in [-0.05, 0) is 39.9 Å². The third-order valence-corrected chi connectivity index (χ3v) is 3.40. The SMILES string of the molecule is CCc1ccc(CC)c(C(=O)Cn2cnc([N+](=O)[O-])c2)c1. The lowest BCUT2D eigenvalue weighted by Crippen LogP contribution is -2.11. The van der Waals surface area contributed by atoms with Crippen molar-refractivity contribution in [2.24, 2.45) is 0 Å². The minimum absolute atomic E-state index is 0.0566. The van der Waals surface area contributed by atoms with Gasteiger partial charge in [0, 0.05) is 5.56 Å². The third kappa shape index (κ3) is 3.34. The highest BCUT2D eigenvalue weighted by Crippen LogP contribution is 2.16. The van der Waals surface area contributed by atoms with Crippen LogP contribution in [0.2, 0.25) is 0 Å². The van der Waals surface area contributed by atoms with Crippen molar-refractivity contribution in [1.82, 2.24) is 9.55 Å². The Labute approximate surface area is 122 Å². The number of benzene rings is 1. The molecule has 21 heavy (non-hydrogen) atoms. The Hall–Kier alpha value is -2.50. The van der Waals surface area contributed by atoms with Crippen LogP contribution >= 0.6 is 0 Å². The van der Waals surface area contributed by atoms with E-state index < -0.39 is 4.92 Å². The molecule has 0 radical (unpaired) electrons. The van der Waals surface area contributed by atoms with Crippen molar-refractivity contribution in [3.63, 3.8) is 0 Å². The van der Waals surface area contributed by atoms with Crippen LogP contribution in [0.25, 0.3) is 0 Å². The number of ketones is 1. The lowest BCUT2D eigenvalue weighted by molar-refractivity contribution is -0.389. The molecule has 0 amide bonds. The van der Waals surface area contributed by atoms with Crippen LogP contribution in [0.1, 0.15) is 35.3 Å². The summed E-state index contributed by atoms with van der Waals surface area (Å²) >= 11 is 0. The van der Waals surface area contributed by atoms with Crippen LogP contribution < -0.4 is 0 Å². The fraction of sp³-hybridized carbons (Fsp3) is 0.333. The Kier molecular flexibility index (Phi) is 4.47. The van der Waals surface area contributed by atoms with Crippen LogP contribution in [0, 0.1) is 10.1 Å². The summed E-state index contributed by atoms with van der Waals surface area (Å²) in [6.45, 7) is 4.09. The average Bonchev–Trinajstić information content (AvgIpc) is 2.95. The molecule has 1 heterocycles. The van der Waals surface area contributed by atoms with E-state index in [1.165, 1.54) is 17.1 Å². The second-order valence-electron chi connectivity index (χ2n) is 4.78. The Morgan fingerprint density at radius 3 is 2.67 bits per heavy atom. The first-order chi connectivity index (χ1) is 10.0. The molecule has 0 N–H and O–H groups in total. The molecular formula is C15H17N3O3. The van der Waals surface area contributed by atoms with Gasteiger partial charge in [-0.15, -0.1) is 0 Å². The highest BCUT2D eigenvalue weighted by atomic mass is 16.6. The number of hydrogen-bond acceptors (Lipinski definition) is 4. The van der Waals surface area contributed by atoms with Crippen LogP contribution in [0.4, 0.5) is 5.82 Å². The molecule has 0 spiro atoms. The van der Waals surface area contributed by atoms with E-state index in [9.17, 15) is 14.9 Å². The zero-order chi connectivity index (χ0) is 15.4. The zero-order valence-electron chi connectivity index (χ0n) is 12.1. The van der Waals surface area contributed by atoms with Crippen molar-refractivity contribution in [2.75, 3.05) is 0 Å². The van der Waals surface area contributed by atoms with Gasteiger partial charge in [0.15, 0.2) is 5.78 Å².